The van der Waals surface area contributed by atoms with E-state index < -0.39 is 9.84 Å². The highest BCUT2D eigenvalue weighted by molar-refractivity contribution is 7.91. The molecule has 0 aliphatic carbocycles. The Labute approximate surface area is 126 Å². The summed E-state index contributed by atoms with van der Waals surface area (Å²) in [6.07, 6.45) is 3.12. The summed E-state index contributed by atoms with van der Waals surface area (Å²) in [5, 5.41) is 11.8. The number of rotatable bonds is 10. The minimum Gasteiger partial charge on any atom is -0.385 e. The van der Waals surface area contributed by atoms with Crippen LogP contribution in [0, 0.1) is 11.3 Å². The summed E-state index contributed by atoms with van der Waals surface area (Å²) in [7, 11) is -1.59. The van der Waals surface area contributed by atoms with Crippen molar-refractivity contribution in [2.24, 2.45) is 0 Å². The molecule has 0 saturated heterocycles. The van der Waals surface area contributed by atoms with Gasteiger partial charge in [0.25, 0.3) is 0 Å². The van der Waals surface area contributed by atoms with E-state index in [9.17, 15) is 8.42 Å². The third-order valence-electron chi connectivity index (χ3n) is 3.09. The molecule has 1 rings (SSSR count). The van der Waals surface area contributed by atoms with Crippen molar-refractivity contribution in [1.82, 2.24) is 5.32 Å². The van der Waals surface area contributed by atoms with E-state index in [0.29, 0.717) is 12.1 Å². The average molecular weight is 310 g/mol. The molecule has 1 aromatic carbocycles. The van der Waals surface area contributed by atoms with Gasteiger partial charge in [-0.25, -0.2) is 8.42 Å². The lowest BCUT2D eigenvalue weighted by Crippen LogP contribution is -2.24. The number of nitrogens with zero attached hydrogens (tertiary/aromatic N) is 1. The number of hydrogen-bond acceptors (Lipinski definition) is 5. The van der Waals surface area contributed by atoms with Crippen LogP contribution in [0.5, 0.6) is 0 Å². The van der Waals surface area contributed by atoms with Crippen molar-refractivity contribution in [3.05, 3.63) is 29.8 Å². The Kier molecular flexibility index (Phi) is 7.98. The fourth-order valence-corrected chi connectivity index (χ4v) is 3.06. The van der Waals surface area contributed by atoms with Crippen molar-refractivity contribution in [3.63, 3.8) is 0 Å². The van der Waals surface area contributed by atoms with Crippen LogP contribution in [0.4, 0.5) is 0 Å². The first-order valence-corrected chi connectivity index (χ1v) is 8.68. The van der Waals surface area contributed by atoms with E-state index >= 15 is 0 Å². The van der Waals surface area contributed by atoms with E-state index in [1.165, 1.54) is 24.3 Å². The summed E-state index contributed by atoms with van der Waals surface area (Å²) in [5.74, 6) is 0.0664. The molecule has 0 atom stereocenters. The monoisotopic (exact) mass is 310 g/mol. The highest BCUT2D eigenvalue weighted by Crippen LogP contribution is 2.11. The largest absolute Gasteiger partial charge is 0.385 e. The molecule has 6 heteroatoms. The second-order valence-electron chi connectivity index (χ2n) is 4.76. The van der Waals surface area contributed by atoms with Gasteiger partial charge in [-0.2, -0.15) is 5.26 Å². The van der Waals surface area contributed by atoms with Gasteiger partial charge in [0.2, 0.25) is 0 Å². The normalized spacial score (nSPS) is 11.2. The maximum Gasteiger partial charge on any atom is 0.179 e. The lowest BCUT2D eigenvalue weighted by molar-refractivity contribution is 0.192. The van der Waals surface area contributed by atoms with Gasteiger partial charge in [0, 0.05) is 20.3 Å². The molecule has 0 fully saturated rings. The lowest BCUT2D eigenvalue weighted by Gasteiger charge is -2.06. The average Bonchev–Trinajstić information content (AvgIpc) is 2.50. The number of nitrogens with one attached hydrogen (secondary N) is 1. The first kappa shape index (κ1) is 17.6. The van der Waals surface area contributed by atoms with E-state index in [0.717, 1.165) is 32.4 Å². The molecule has 0 aromatic heterocycles. The van der Waals surface area contributed by atoms with E-state index in [1.54, 1.807) is 7.11 Å². The van der Waals surface area contributed by atoms with Gasteiger partial charge in [0.15, 0.2) is 9.84 Å². The minimum absolute atomic E-state index is 0.0664. The number of ether oxygens (including phenoxy) is 1. The number of nitriles is 1. The fraction of sp³-hybridized carbons (Fsp3) is 0.533. The van der Waals surface area contributed by atoms with Gasteiger partial charge in [-0.15, -0.1) is 0 Å². The van der Waals surface area contributed by atoms with Crippen LogP contribution < -0.4 is 5.32 Å². The summed E-state index contributed by atoms with van der Waals surface area (Å²) >= 11 is 0. The van der Waals surface area contributed by atoms with Gasteiger partial charge in [-0.3, -0.25) is 0 Å². The molecule has 0 spiro atoms. The maximum absolute atomic E-state index is 12.1. The standard InChI is InChI=1S/C15H22N2O3S/c1-20-11-4-2-3-9-17-10-12-21(18,19)15-7-5-14(13-16)6-8-15/h5-8,17H,2-4,9-12H2,1H3. The predicted molar refractivity (Wildman–Crippen MR) is 81.8 cm³/mol. The first-order valence-electron chi connectivity index (χ1n) is 7.03. The Morgan fingerprint density at radius 1 is 1.14 bits per heavy atom. The van der Waals surface area contributed by atoms with Crippen LogP contribution in [0.15, 0.2) is 29.2 Å². The van der Waals surface area contributed by atoms with E-state index in [2.05, 4.69) is 5.32 Å². The molecule has 0 unspecified atom stereocenters. The second kappa shape index (κ2) is 9.50. The van der Waals surface area contributed by atoms with Crippen LogP contribution in [0.25, 0.3) is 0 Å². The van der Waals surface area contributed by atoms with E-state index in [-0.39, 0.29) is 10.6 Å². The number of sulfone groups is 1. The molecular formula is C15H22N2O3S. The van der Waals surface area contributed by atoms with Crippen molar-refractivity contribution in [3.8, 4) is 6.07 Å². The molecule has 0 aliphatic heterocycles. The molecule has 0 saturated carbocycles. The zero-order chi connectivity index (χ0) is 15.6. The fourth-order valence-electron chi connectivity index (χ4n) is 1.86. The van der Waals surface area contributed by atoms with Crippen LogP contribution in [-0.2, 0) is 14.6 Å². The highest BCUT2D eigenvalue weighted by atomic mass is 32.2. The van der Waals surface area contributed by atoms with Crippen molar-refractivity contribution < 1.29 is 13.2 Å². The molecular weight excluding hydrogens is 288 g/mol. The third kappa shape index (κ3) is 6.71. The van der Waals surface area contributed by atoms with Crippen LogP contribution >= 0.6 is 0 Å². The summed E-state index contributed by atoms with van der Waals surface area (Å²) in [5.41, 5.74) is 0.461. The Bertz CT molecular complexity index is 547. The lowest BCUT2D eigenvalue weighted by atomic mass is 10.2. The number of methoxy groups -OCH3 is 1. The summed E-state index contributed by atoms with van der Waals surface area (Å²) in [4.78, 5) is 0.267. The van der Waals surface area contributed by atoms with Gasteiger partial charge in [0.1, 0.15) is 0 Å². The van der Waals surface area contributed by atoms with Gasteiger partial charge in [0.05, 0.1) is 22.3 Å². The van der Waals surface area contributed by atoms with Crippen molar-refractivity contribution in [2.75, 3.05) is 32.6 Å². The van der Waals surface area contributed by atoms with Crippen LogP contribution in [0.1, 0.15) is 24.8 Å². The summed E-state index contributed by atoms with van der Waals surface area (Å²) < 4.78 is 29.1. The van der Waals surface area contributed by atoms with Crippen LogP contribution in [-0.4, -0.2) is 41.0 Å². The minimum atomic E-state index is -3.28. The molecule has 0 aliphatic rings. The Hall–Kier alpha value is -1.42. The number of benzene rings is 1. The highest BCUT2D eigenvalue weighted by Gasteiger charge is 2.13. The van der Waals surface area contributed by atoms with Crippen molar-refractivity contribution >= 4 is 9.84 Å². The smallest absolute Gasteiger partial charge is 0.179 e. The van der Waals surface area contributed by atoms with Crippen molar-refractivity contribution in [2.45, 2.75) is 24.2 Å². The van der Waals surface area contributed by atoms with Crippen molar-refractivity contribution in [1.29, 1.82) is 5.26 Å². The first-order chi connectivity index (χ1) is 10.1. The molecule has 0 amide bonds. The zero-order valence-electron chi connectivity index (χ0n) is 12.3. The topological polar surface area (TPSA) is 79.2 Å². The molecule has 0 bridgehead atoms. The Morgan fingerprint density at radius 3 is 2.48 bits per heavy atom. The Morgan fingerprint density at radius 2 is 1.86 bits per heavy atom. The molecule has 5 nitrogen and oxygen atoms in total. The maximum atomic E-state index is 12.1. The van der Waals surface area contributed by atoms with Gasteiger partial charge in [-0.1, -0.05) is 0 Å². The van der Waals surface area contributed by atoms with Gasteiger partial charge < -0.3 is 10.1 Å². The zero-order valence-corrected chi connectivity index (χ0v) is 13.2. The molecule has 0 radical (unpaired) electrons. The summed E-state index contributed by atoms with van der Waals surface area (Å²) in [6, 6.07) is 7.99. The number of unbranched alkanes of at least 4 members (excludes halogenated alkanes) is 2. The van der Waals surface area contributed by atoms with Gasteiger partial charge in [-0.05, 0) is 50.1 Å². The van der Waals surface area contributed by atoms with E-state index in [4.69, 9.17) is 10.00 Å². The molecule has 0 heterocycles. The quantitative estimate of drug-likeness (QED) is 0.666. The number of hydrogen-bond donors (Lipinski definition) is 1. The van der Waals surface area contributed by atoms with Gasteiger partial charge >= 0.3 is 0 Å². The predicted octanol–water partition coefficient (Wildman–Crippen LogP) is 1.74. The van der Waals surface area contributed by atoms with E-state index in [1.807, 2.05) is 6.07 Å². The molecule has 116 valence electrons. The van der Waals surface area contributed by atoms with Crippen LogP contribution in [0.3, 0.4) is 0 Å². The second-order valence-corrected chi connectivity index (χ2v) is 6.87. The molecule has 21 heavy (non-hydrogen) atoms. The molecule has 1 N–H and O–H groups in total. The van der Waals surface area contributed by atoms with Crippen LogP contribution in [0.2, 0.25) is 0 Å². The summed E-state index contributed by atoms with van der Waals surface area (Å²) in [6.45, 7) is 2.02. The SMILES string of the molecule is COCCCCCNCCS(=O)(=O)c1ccc(C#N)cc1. The molecule has 1 aromatic rings. The Balaban J connectivity index is 2.28. The third-order valence-corrected chi connectivity index (χ3v) is 4.82.